The van der Waals surface area contributed by atoms with E-state index >= 15 is 0 Å². The Kier molecular flexibility index (Phi) is 6.03. The maximum Gasteiger partial charge on any atom is 0.308 e. The quantitative estimate of drug-likeness (QED) is 0.743. The van der Waals surface area contributed by atoms with Gasteiger partial charge in [-0.05, 0) is 37.7 Å². The van der Waals surface area contributed by atoms with Gasteiger partial charge in [-0.2, -0.15) is 0 Å². The van der Waals surface area contributed by atoms with Gasteiger partial charge in [0.25, 0.3) is 11.5 Å². The Morgan fingerprint density at radius 1 is 1.35 bits per heavy atom. The summed E-state index contributed by atoms with van der Waals surface area (Å²) >= 11 is 1.60. The zero-order valence-electron chi connectivity index (χ0n) is 14.9. The highest BCUT2D eigenvalue weighted by Gasteiger charge is 2.20. The van der Waals surface area contributed by atoms with E-state index in [1.165, 1.54) is 15.8 Å². The molecule has 0 fully saturated rings. The summed E-state index contributed by atoms with van der Waals surface area (Å²) in [5, 5.41) is 3.34. The minimum absolute atomic E-state index is 0.0283. The molecule has 0 atom stereocenters. The van der Waals surface area contributed by atoms with Crippen LogP contribution in [0.15, 0.2) is 11.1 Å². The van der Waals surface area contributed by atoms with E-state index in [1.54, 1.807) is 11.3 Å². The van der Waals surface area contributed by atoms with Crippen molar-refractivity contribution in [1.82, 2.24) is 14.9 Å². The fourth-order valence-corrected chi connectivity index (χ4v) is 4.31. The topological polar surface area (TPSA) is 90.3 Å². The molecule has 26 heavy (non-hydrogen) atoms. The lowest BCUT2D eigenvalue weighted by atomic mass is 9.97. The van der Waals surface area contributed by atoms with Gasteiger partial charge in [0.2, 0.25) is 0 Å². The van der Waals surface area contributed by atoms with Crippen molar-refractivity contribution in [2.45, 2.75) is 52.0 Å². The number of nitrogens with one attached hydrogen (secondary N) is 1. The van der Waals surface area contributed by atoms with Crippen molar-refractivity contribution in [2.75, 3.05) is 13.2 Å². The van der Waals surface area contributed by atoms with Gasteiger partial charge in [-0.3, -0.25) is 19.0 Å². The molecule has 1 aliphatic carbocycles. The monoisotopic (exact) mass is 377 g/mol. The van der Waals surface area contributed by atoms with Gasteiger partial charge in [0.15, 0.2) is 6.61 Å². The molecule has 0 spiro atoms. The number of aromatic nitrogens is 2. The first-order valence-electron chi connectivity index (χ1n) is 9.02. The molecule has 0 unspecified atom stereocenters. The Bertz CT molecular complexity index is 871. The van der Waals surface area contributed by atoms with Crippen LogP contribution in [0.3, 0.4) is 0 Å². The van der Waals surface area contributed by atoms with E-state index in [9.17, 15) is 14.4 Å². The number of ether oxygens (including phenoxy) is 1. The highest BCUT2D eigenvalue weighted by molar-refractivity contribution is 7.18. The van der Waals surface area contributed by atoms with Crippen molar-refractivity contribution in [3.63, 3.8) is 0 Å². The van der Waals surface area contributed by atoms with Crippen LogP contribution in [0, 0.1) is 0 Å². The second-order valence-corrected chi connectivity index (χ2v) is 7.48. The molecule has 0 saturated carbocycles. The number of hydrogen-bond acceptors (Lipinski definition) is 6. The Hall–Kier alpha value is -2.22. The van der Waals surface area contributed by atoms with Crippen molar-refractivity contribution in [1.29, 1.82) is 0 Å². The van der Waals surface area contributed by atoms with E-state index in [4.69, 9.17) is 4.74 Å². The van der Waals surface area contributed by atoms with Crippen molar-refractivity contribution < 1.29 is 14.3 Å². The number of fused-ring (bicyclic) bond motifs is 3. The number of thiophene rings is 1. The molecule has 1 aliphatic rings. The predicted molar refractivity (Wildman–Crippen MR) is 99.4 cm³/mol. The molecule has 0 aliphatic heterocycles. The average molecular weight is 377 g/mol. The van der Waals surface area contributed by atoms with Crippen molar-refractivity contribution in [3.8, 4) is 0 Å². The van der Waals surface area contributed by atoms with Gasteiger partial charge in [0, 0.05) is 18.0 Å². The first-order chi connectivity index (χ1) is 12.6. The Labute approximate surface area is 155 Å². The largest absolute Gasteiger partial charge is 0.456 e. The molecule has 0 aromatic carbocycles. The van der Waals surface area contributed by atoms with Crippen molar-refractivity contribution >= 4 is 33.4 Å². The molecule has 1 amide bonds. The molecule has 8 heteroatoms. The molecule has 1 N–H and O–H groups in total. The maximum atomic E-state index is 12.8. The molecule has 0 radical (unpaired) electrons. The molecule has 2 heterocycles. The molecule has 2 aromatic rings. The Morgan fingerprint density at radius 3 is 2.96 bits per heavy atom. The standard InChI is InChI=1S/C18H23N3O4S/c1-2-8-19-14(22)10-25-15(23)7-9-21-11-20-17-16(18(21)24)12-5-3-4-6-13(12)26-17/h11H,2-10H2,1H3,(H,19,22). The summed E-state index contributed by atoms with van der Waals surface area (Å²) in [4.78, 5) is 42.5. The number of nitrogens with zero attached hydrogens (tertiary/aromatic N) is 2. The van der Waals surface area contributed by atoms with Crippen LogP contribution in [-0.2, 0) is 33.7 Å². The van der Waals surface area contributed by atoms with Crippen molar-refractivity contribution in [3.05, 3.63) is 27.1 Å². The smallest absolute Gasteiger partial charge is 0.308 e. The minimum Gasteiger partial charge on any atom is -0.456 e. The van der Waals surface area contributed by atoms with Crippen LogP contribution in [0.25, 0.3) is 10.2 Å². The molecule has 2 aromatic heterocycles. The van der Waals surface area contributed by atoms with E-state index in [1.807, 2.05) is 6.92 Å². The molecule has 7 nitrogen and oxygen atoms in total. The van der Waals surface area contributed by atoms with E-state index < -0.39 is 5.97 Å². The van der Waals surface area contributed by atoms with Gasteiger partial charge in [0.05, 0.1) is 18.1 Å². The van der Waals surface area contributed by atoms with Crippen LogP contribution < -0.4 is 10.9 Å². The maximum absolute atomic E-state index is 12.8. The average Bonchev–Trinajstić information content (AvgIpc) is 3.03. The van der Waals surface area contributed by atoms with Crippen LogP contribution in [0.2, 0.25) is 0 Å². The zero-order valence-corrected chi connectivity index (χ0v) is 15.7. The summed E-state index contributed by atoms with van der Waals surface area (Å²) in [6, 6.07) is 0. The van der Waals surface area contributed by atoms with Gasteiger partial charge in [-0.1, -0.05) is 6.92 Å². The molecule has 140 valence electrons. The fraction of sp³-hybridized carbons (Fsp3) is 0.556. The minimum atomic E-state index is -0.504. The number of carbonyl (C=O) groups is 2. The van der Waals surface area contributed by atoms with Gasteiger partial charge in [-0.15, -0.1) is 11.3 Å². The van der Waals surface area contributed by atoms with E-state index in [0.29, 0.717) is 11.9 Å². The second-order valence-electron chi connectivity index (χ2n) is 6.39. The van der Waals surface area contributed by atoms with Crippen molar-refractivity contribution in [2.24, 2.45) is 0 Å². The van der Waals surface area contributed by atoms with E-state index in [2.05, 4.69) is 10.3 Å². The van der Waals surface area contributed by atoms with Crippen LogP contribution >= 0.6 is 11.3 Å². The summed E-state index contributed by atoms with van der Waals surface area (Å²) in [5.74, 6) is -0.818. The second kappa shape index (κ2) is 8.44. The lowest BCUT2D eigenvalue weighted by molar-refractivity contribution is -0.148. The van der Waals surface area contributed by atoms with Gasteiger partial charge in [-0.25, -0.2) is 4.98 Å². The predicted octanol–water partition coefficient (Wildman–Crippen LogP) is 1.80. The Balaban J connectivity index is 1.62. The summed E-state index contributed by atoms with van der Waals surface area (Å²) in [5.41, 5.74) is 1.04. The van der Waals surface area contributed by atoms with Gasteiger partial charge < -0.3 is 10.1 Å². The van der Waals surface area contributed by atoms with Gasteiger partial charge in [0.1, 0.15) is 4.83 Å². The molecular weight excluding hydrogens is 354 g/mol. The third-order valence-electron chi connectivity index (χ3n) is 4.44. The highest BCUT2D eigenvalue weighted by Crippen LogP contribution is 2.33. The number of amides is 1. The molecule has 0 bridgehead atoms. The summed E-state index contributed by atoms with van der Waals surface area (Å²) in [6.45, 7) is 2.41. The number of hydrogen-bond donors (Lipinski definition) is 1. The fourth-order valence-electron chi connectivity index (χ4n) is 3.09. The lowest BCUT2D eigenvalue weighted by Gasteiger charge is -2.10. The molecule has 3 rings (SSSR count). The van der Waals surface area contributed by atoms with E-state index in [-0.39, 0.29) is 31.0 Å². The third kappa shape index (κ3) is 4.12. The first-order valence-corrected chi connectivity index (χ1v) is 9.83. The van der Waals surface area contributed by atoms with Crippen LogP contribution in [-0.4, -0.2) is 34.6 Å². The Morgan fingerprint density at radius 2 is 2.15 bits per heavy atom. The van der Waals surface area contributed by atoms with E-state index in [0.717, 1.165) is 42.5 Å². The third-order valence-corrected chi connectivity index (χ3v) is 5.63. The number of esters is 1. The molecular formula is C18H23N3O4S. The van der Waals surface area contributed by atoms with Gasteiger partial charge >= 0.3 is 5.97 Å². The number of rotatable bonds is 7. The zero-order chi connectivity index (χ0) is 18.5. The molecule has 0 saturated heterocycles. The number of aryl methyl sites for hydroxylation is 3. The van der Waals surface area contributed by atoms with Crippen LogP contribution in [0.4, 0.5) is 0 Å². The van der Waals surface area contributed by atoms with Crippen LogP contribution in [0.1, 0.15) is 43.0 Å². The lowest BCUT2D eigenvalue weighted by Crippen LogP contribution is -2.29. The van der Waals surface area contributed by atoms with Crippen LogP contribution in [0.5, 0.6) is 0 Å². The highest BCUT2D eigenvalue weighted by atomic mass is 32.1. The summed E-state index contributed by atoms with van der Waals surface area (Å²) in [6.07, 6.45) is 6.54. The summed E-state index contributed by atoms with van der Waals surface area (Å²) in [7, 11) is 0. The number of carbonyl (C=O) groups excluding carboxylic acids is 2. The SMILES string of the molecule is CCCNC(=O)COC(=O)CCn1cnc2sc3c(c2c1=O)CCCC3. The first kappa shape index (κ1) is 18.6. The normalized spacial score (nSPS) is 13.4. The summed E-state index contributed by atoms with van der Waals surface area (Å²) < 4.78 is 6.40.